The lowest BCUT2D eigenvalue weighted by atomic mass is 9.91. The second-order valence-corrected chi connectivity index (χ2v) is 18.5. The van der Waals surface area contributed by atoms with E-state index >= 15 is 17.6 Å². The molecule has 2 nitrogen and oxygen atoms in total. The average Bonchev–Trinajstić information content (AvgIpc) is 3.41. The minimum atomic E-state index is -0.595. The third-order valence-electron chi connectivity index (χ3n) is 13.7. The van der Waals surface area contributed by atoms with Crippen LogP contribution in [0.5, 0.6) is 0 Å². The van der Waals surface area contributed by atoms with Gasteiger partial charge in [-0.1, -0.05) is 157 Å². The molecule has 12 aromatic rings. The average molecular weight is 941 g/mol. The van der Waals surface area contributed by atoms with E-state index in [2.05, 4.69) is 60.7 Å². The molecule has 0 bridgehead atoms. The normalized spacial score (nSPS) is 11.5. The SMILES string of the molecule is Cc1ccc(-c2cc(-c3ccccc3)cc(N(c3cc(F)ccc3F)c3ccc4ccc5c(N(c6cc(-c7ccccc7)cc(-c7ccc(C)cc7)c6)c6cc(F)ccc6F)ccc6ccc3c4c65)c2)cc1. The fourth-order valence-corrected chi connectivity index (χ4v) is 10.2. The van der Waals surface area contributed by atoms with Crippen molar-refractivity contribution in [2.75, 3.05) is 9.80 Å². The van der Waals surface area contributed by atoms with E-state index in [1.165, 1.54) is 24.3 Å². The van der Waals surface area contributed by atoms with Gasteiger partial charge in [-0.25, -0.2) is 17.6 Å². The Bertz CT molecular complexity index is 3720. The number of hydrogen-bond acceptors (Lipinski definition) is 2. The maximum absolute atomic E-state index is 16.6. The Morgan fingerprint density at radius 1 is 0.278 bits per heavy atom. The van der Waals surface area contributed by atoms with Crippen LogP contribution in [0.3, 0.4) is 0 Å². The van der Waals surface area contributed by atoms with Crippen LogP contribution in [0.15, 0.2) is 231 Å². The van der Waals surface area contributed by atoms with E-state index in [1.54, 1.807) is 0 Å². The van der Waals surface area contributed by atoms with E-state index in [0.29, 0.717) is 22.7 Å². The van der Waals surface area contributed by atoms with Gasteiger partial charge in [-0.3, -0.25) is 0 Å². The molecule has 0 spiro atoms. The van der Waals surface area contributed by atoms with E-state index < -0.39 is 23.3 Å². The van der Waals surface area contributed by atoms with Gasteiger partial charge in [-0.15, -0.1) is 0 Å². The first-order valence-corrected chi connectivity index (χ1v) is 23.9. The predicted molar refractivity (Wildman–Crippen MR) is 291 cm³/mol. The van der Waals surface area contributed by atoms with Gasteiger partial charge in [-0.2, -0.15) is 0 Å². The highest BCUT2D eigenvalue weighted by atomic mass is 19.1. The fraction of sp³-hybridized carbons (Fsp3) is 0.0303. The first-order valence-electron chi connectivity index (χ1n) is 23.9. The molecule has 12 aromatic carbocycles. The highest BCUT2D eigenvalue weighted by Gasteiger charge is 2.26. The molecule has 0 radical (unpaired) electrons. The summed E-state index contributed by atoms with van der Waals surface area (Å²) in [6, 6.07) is 72.1. The van der Waals surface area contributed by atoms with Crippen molar-refractivity contribution < 1.29 is 17.6 Å². The minimum Gasteiger partial charge on any atom is -0.307 e. The molecular weight excluding hydrogens is 897 g/mol. The molecule has 6 heteroatoms. The number of rotatable bonds is 10. The summed E-state index contributed by atoms with van der Waals surface area (Å²) >= 11 is 0. The first kappa shape index (κ1) is 44.2. The summed E-state index contributed by atoms with van der Waals surface area (Å²) in [7, 11) is 0. The Kier molecular flexibility index (Phi) is 11.1. The van der Waals surface area contributed by atoms with Crippen LogP contribution in [-0.2, 0) is 0 Å². The predicted octanol–water partition coefficient (Wildman–Crippen LogP) is 19.4. The highest BCUT2D eigenvalue weighted by Crippen LogP contribution is 2.50. The first-order chi connectivity index (χ1) is 35.1. The van der Waals surface area contributed by atoms with E-state index in [0.717, 1.165) is 100 Å². The van der Waals surface area contributed by atoms with Crippen molar-refractivity contribution in [1.82, 2.24) is 0 Å². The summed E-state index contributed by atoms with van der Waals surface area (Å²) in [6.07, 6.45) is 0. The number of halogens is 4. The van der Waals surface area contributed by atoms with Crippen molar-refractivity contribution in [2.45, 2.75) is 13.8 Å². The van der Waals surface area contributed by atoms with E-state index in [-0.39, 0.29) is 11.4 Å². The molecule has 0 atom stereocenters. The lowest BCUT2D eigenvalue weighted by Gasteiger charge is -2.30. The smallest absolute Gasteiger partial charge is 0.147 e. The van der Waals surface area contributed by atoms with Crippen LogP contribution in [0.25, 0.3) is 76.8 Å². The third-order valence-corrected chi connectivity index (χ3v) is 13.7. The van der Waals surface area contributed by atoms with Gasteiger partial charge in [0.25, 0.3) is 0 Å². The Balaban J connectivity index is 1.12. The summed E-state index contributed by atoms with van der Waals surface area (Å²) in [5.74, 6) is -2.35. The molecule has 0 fully saturated rings. The van der Waals surface area contributed by atoms with E-state index in [9.17, 15) is 0 Å². The van der Waals surface area contributed by atoms with Crippen LogP contribution in [0, 0.1) is 37.1 Å². The monoisotopic (exact) mass is 940 g/mol. The van der Waals surface area contributed by atoms with Gasteiger partial charge in [0.2, 0.25) is 0 Å². The van der Waals surface area contributed by atoms with Crippen LogP contribution < -0.4 is 9.80 Å². The lowest BCUT2D eigenvalue weighted by Crippen LogP contribution is -2.14. The van der Waals surface area contributed by atoms with Gasteiger partial charge in [-0.05, 0) is 153 Å². The number of benzene rings is 12. The van der Waals surface area contributed by atoms with Crippen molar-refractivity contribution in [3.8, 4) is 44.5 Å². The maximum atomic E-state index is 16.6. The largest absolute Gasteiger partial charge is 0.307 e. The van der Waals surface area contributed by atoms with Crippen molar-refractivity contribution in [3.63, 3.8) is 0 Å². The molecule has 0 saturated heterocycles. The number of aryl methyl sites for hydroxylation is 2. The van der Waals surface area contributed by atoms with Gasteiger partial charge in [0.05, 0.1) is 22.7 Å². The van der Waals surface area contributed by atoms with Gasteiger partial charge in [0.1, 0.15) is 23.3 Å². The quantitative estimate of drug-likeness (QED) is 0.0996. The zero-order valence-corrected chi connectivity index (χ0v) is 39.3. The highest BCUT2D eigenvalue weighted by molar-refractivity contribution is 6.28. The second kappa shape index (κ2) is 18.1. The molecule has 0 aromatic heterocycles. The summed E-state index contributed by atoms with van der Waals surface area (Å²) in [6.45, 7) is 4.09. The van der Waals surface area contributed by atoms with Crippen LogP contribution >= 0.6 is 0 Å². The number of anilines is 6. The zero-order chi connectivity index (χ0) is 49.0. The Morgan fingerprint density at radius 2 is 0.625 bits per heavy atom. The molecule has 346 valence electrons. The zero-order valence-electron chi connectivity index (χ0n) is 39.3. The van der Waals surface area contributed by atoms with Crippen molar-refractivity contribution >= 4 is 66.4 Å². The van der Waals surface area contributed by atoms with Crippen LogP contribution in [-0.4, -0.2) is 0 Å². The van der Waals surface area contributed by atoms with Crippen molar-refractivity contribution in [1.29, 1.82) is 0 Å². The van der Waals surface area contributed by atoms with Crippen molar-refractivity contribution in [3.05, 3.63) is 265 Å². The third kappa shape index (κ3) is 8.07. The van der Waals surface area contributed by atoms with Gasteiger partial charge in [0, 0.05) is 34.3 Å². The molecule has 0 unspecified atom stereocenters. The topological polar surface area (TPSA) is 6.48 Å². The molecule has 72 heavy (non-hydrogen) atoms. The van der Waals surface area contributed by atoms with Gasteiger partial charge >= 0.3 is 0 Å². The second-order valence-electron chi connectivity index (χ2n) is 18.5. The number of hydrogen-bond donors (Lipinski definition) is 0. The molecule has 0 aliphatic carbocycles. The summed E-state index contributed by atoms with van der Waals surface area (Å²) in [5, 5.41) is 5.15. The molecule has 0 aliphatic rings. The Morgan fingerprint density at radius 3 is 1.00 bits per heavy atom. The maximum Gasteiger partial charge on any atom is 0.147 e. The summed E-state index contributed by atoms with van der Waals surface area (Å²) in [5.41, 5.74) is 12.3. The molecule has 0 amide bonds. The molecule has 0 aliphatic heterocycles. The molecular formula is C66H44F4N2. The molecule has 0 N–H and O–H groups in total. The summed E-state index contributed by atoms with van der Waals surface area (Å²) < 4.78 is 64.4. The van der Waals surface area contributed by atoms with Crippen LogP contribution in [0.4, 0.5) is 51.7 Å². The van der Waals surface area contributed by atoms with E-state index in [1.807, 2.05) is 157 Å². The minimum absolute atomic E-state index is 0.0428. The Labute approximate surface area is 415 Å². The van der Waals surface area contributed by atoms with Crippen LogP contribution in [0.1, 0.15) is 11.1 Å². The summed E-state index contributed by atoms with van der Waals surface area (Å²) in [4.78, 5) is 3.62. The van der Waals surface area contributed by atoms with E-state index in [4.69, 9.17) is 0 Å². The Hall–Kier alpha value is -9.00. The lowest BCUT2D eigenvalue weighted by molar-refractivity contribution is 0.601. The van der Waals surface area contributed by atoms with Crippen molar-refractivity contribution in [2.24, 2.45) is 0 Å². The van der Waals surface area contributed by atoms with Gasteiger partial charge < -0.3 is 9.80 Å². The van der Waals surface area contributed by atoms with Crippen LogP contribution in [0.2, 0.25) is 0 Å². The molecule has 12 rings (SSSR count). The molecule has 0 saturated carbocycles. The number of nitrogens with zero attached hydrogens (tertiary/aromatic N) is 2. The van der Waals surface area contributed by atoms with Gasteiger partial charge in [0.15, 0.2) is 0 Å². The molecule has 0 heterocycles. The standard InChI is InChI=1S/C66H44F4N2/c1-41-13-17-45(18-14-41)51-33-49(43-9-5-3-6-10-43)35-55(37-51)71(63-39-53(67)25-29-59(63)69)61-31-23-47-22-28-58-62(32-24-48-21-27-57(61)65(47)66(48)58)72(64-40-54(68)26-30-60(64)70)56-36-50(44-11-7-4-8-12-44)34-52(38-56)46-19-15-42(2)16-20-46/h3-40H,1-2H3. The fourth-order valence-electron chi connectivity index (χ4n) is 10.2.